The van der Waals surface area contributed by atoms with Crippen molar-refractivity contribution >= 4 is 23.8 Å². The molecule has 0 aliphatic rings. The molecular weight excluding hydrogens is 294 g/mol. The van der Waals surface area contributed by atoms with E-state index in [1.807, 2.05) is 47.5 Å². The highest BCUT2D eigenvalue weighted by molar-refractivity contribution is 7.71. The van der Waals surface area contributed by atoms with E-state index in [2.05, 4.69) is 15.3 Å². The molecule has 0 spiro atoms. The molecule has 0 atom stereocenters. The molecule has 1 N–H and O–H groups in total. The van der Waals surface area contributed by atoms with Crippen LogP contribution in [0.5, 0.6) is 0 Å². The quantitative estimate of drug-likeness (QED) is 0.739. The highest BCUT2D eigenvalue weighted by Gasteiger charge is 2.14. The van der Waals surface area contributed by atoms with Crippen molar-refractivity contribution in [2.24, 2.45) is 7.05 Å². The summed E-state index contributed by atoms with van der Waals surface area (Å²) < 4.78 is 4.23. The molecule has 0 fully saturated rings. The molecule has 5 nitrogen and oxygen atoms in total. The van der Waals surface area contributed by atoms with E-state index in [0.29, 0.717) is 9.79 Å². The van der Waals surface area contributed by atoms with Crippen molar-refractivity contribution in [2.45, 2.75) is 6.92 Å². The van der Waals surface area contributed by atoms with Crippen molar-refractivity contribution in [1.29, 1.82) is 0 Å². The Morgan fingerprint density at radius 2 is 2.15 bits per heavy atom. The fourth-order valence-electron chi connectivity index (χ4n) is 2.09. The molecule has 0 saturated carbocycles. The lowest BCUT2D eigenvalue weighted by molar-refractivity contribution is 0.846. The van der Waals surface area contributed by atoms with Crippen LogP contribution in [0, 0.1) is 11.7 Å². The van der Waals surface area contributed by atoms with Gasteiger partial charge in [-0.05, 0) is 37.3 Å². The lowest BCUT2D eigenvalue weighted by Crippen LogP contribution is -1.99. The number of halogens is 1. The highest BCUT2D eigenvalue weighted by Crippen LogP contribution is 2.24. The zero-order valence-electron chi connectivity index (χ0n) is 11.0. The van der Waals surface area contributed by atoms with E-state index in [1.165, 1.54) is 0 Å². The summed E-state index contributed by atoms with van der Waals surface area (Å²) >= 11 is 11.2. The third kappa shape index (κ3) is 2.07. The maximum absolute atomic E-state index is 6.02. The fraction of sp³-hybridized carbons (Fsp3) is 0.154. The molecule has 1 aromatic carbocycles. The molecule has 20 heavy (non-hydrogen) atoms. The third-order valence-electron chi connectivity index (χ3n) is 3.18. The summed E-state index contributed by atoms with van der Waals surface area (Å²) in [5.74, 6) is 0.765. The normalized spacial score (nSPS) is 10.9. The van der Waals surface area contributed by atoms with E-state index in [9.17, 15) is 0 Å². The Labute approximate surface area is 125 Å². The Morgan fingerprint density at radius 3 is 2.80 bits per heavy atom. The summed E-state index contributed by atoms with van der Waals surface area (Å²) in [5, 5.41) is 12.1. The van der Waals surface area contributed by atoms with Gasteiger partial charge in [-0.15, -0.1) is 0 Å². The molecular formula is C13H12ClN5S. The summed E-state index contributed by atoms with van der Waals surface area (Å²) in [5.41, 5.74) is 2.82. The van der Waals surface area contributed by atoms with Gasteiger partial charge in [0.25, 0.3) is 0 Å². The van der Waals surface area contributed by atoms with Crippen molar-refractivity contribution in [1.82, 2.24) is 24.5 Å². The van der Waals surface area contributed by atoms with Gasteiger partial charge in [0.2, 0.25) is 0 Å². The van der Waals surface area contributed by atoms with Gasteiger partial charge in [-0.3, -0.25) is 5.10 Å². The number of nitrogens with one attached hydrogen (secondary N) is 1. The zero-order valence-corrected chi connectivity index (χ0v) is 12.5. The van der Waals surface area contributed by atoms with Crippen molar-refractivity contribution in [3.63, 3.8) is 0 Å². The first-order valence-electron chi connectivity index (χ1n) is 6.00. The van der Waals surface area contributed by atoms with Crippen LogP contribution in [0.25, 0.3) is 17.1 Å². The second-order valence-electron chi connectivity index (χ2n) is 4.45. The lowest BCUT2D eigenvalue weighted by Gasteiger charge is -2.05. The van der Waals surface area contributed by atoms with Crippen LogP contribution in [-0.4, -0.2) is 24.5 Å². The van der Waals surface area contributed by atoms with Crippen LogP contribution < -0.4 is 0 Å². The van der Waals surface area contributed by atoms with Gasteiger partial charge in [-0.2, -0.15) is 10.2 Å². The first-order chi connectivity index (χ1) is 9.58. The average Bonchev–Trinajstić information content (AvgIpc) is 2.95. The van der Waals surface area contributed by atoms with Crippen LogP contribution in [0.15, 0.2) is 30.5 Å². The number of benzene rings is 1. The Balaban J connectivity index is 2.14. The van der Waals surface area contributed by atoms with Crippen molar-refractivity contribution < 1.29 is 0 Å². The molecule has 0 aliphatic heterocycles. The molecule has 0 unspecified atom stereocenters. The molecule has 102 valence electrons. The molecule has 3 rings (SSSR count). The molecule has 3 aromatic rings. The first-order valence-corrected chi connectivity index (χ1v) is 6.79. The number of hydrogen-bond donors (Lipinski definition) is 1. The maximum atomic E-state index is 6.02. The minimum atomic E-state index is 0.579. The molecule has 0 aliphatic carbocycles. The number of aromatic amines is 1. The summed E-state index contributed by atoms with van der Waals surface area (Å²) in [6, 6.07) is 7.56. The summed E-state index contributed by atoms with van der Waals surface area (Å²) in [4.78, 5) is 0. The van der Waals surface area contributed by atoms with E-state index in [0.717, 1.165) is 22.8 Å². The van der Waals surface area contributed by atoms with Crippen molar-refractivity contribution in [3.8, 4) is 17.1 Å². The van der Waals surface area contributed by atoms with Gasteiger partial charge < -0.3 is 4.57 Å². The average molecular weight is 306 g/mol. The zero-order chi connectivity index (χ0) is 14.3. The van der Waals surface area contributed by atoms with Crippen LogP contribution in [-0.2, 0) is 7.05 Å². The highest BCUT2D eigenvalue weighted by atomic mass is 35.5. The molecule has 0 bridgehead atoms. The van der Waals surface area contributed by atoms with Crippen LogP contribution in [0.4, 0.5) is 0 Å². The predicted molar refractivity (Wildman–Crippen MR) is 80.7 cm³/mol. The summed E-state index contributed by atoms with van der Waals surface area (Å²) in [6.45, 7) is 1.99. The van der Waals surface area contributed by atoms with Crippen LogP contribution in [0.3, 0.4) is 0 Å². The predicted octanol–water partition coefficient (Wildman–Crippen LogP) is 3.29. The van der Waals surface area contributed by atoms with Gasteiger partial charge >= 0.3 is 0 Å². The molecule has 2 heterocycles. The number of H-pyrrole nitrogens is 1. The van der Waals surface area contributed by atoms with E-state index in [4.69, 9.17) is 23.8 Å². The topological polar surface area (TPSA) is 51.4 Å². The standard InChI is InChI=1S/C13H12ClN5S/c1-8-11(12-16-17-13(20)18(12)2)7-15-19(8)10-5-3-4-9(14)6-10/h3-7H,1-2H3,(H,17,20). The molecule has 2 aromatic heterocycles. The Hall–Kier alpha value is -1.92. The van der Waals surface area contributed by atoms with E-state index < -0.39 is 0 Å². The number of aromatic nitrogens is 5. The van der Waals surface area contributed by atoms with Gasteiger partial charge in [0.05, 0.1) is 23.1 Å². The van der Waals surface area contributed by atoms with Gasteiger partial charge in [-0.25, -0.2) is 4.68 Å². The van der Waals surface area contributed by atoms with Crippen molar-refractivity contribution in [3.05, 3.63) is 45.9 Å². The SMILES string of the molecule is Cc1c(-c2n[nH]c(=S)n2C)cnn1-c1cccc(Cl)c1. The minimum Gasteiger partial charge on any atom is -0.303 e. The molecule has 0 saturated heterocycles. The second kappa shape index (κ2) is 4.88. The Kier molecular flexibility index (Phi) is 3.19. The minimum absolute atomic E-state index is 0.579. The van der Waals surface area contributed by atoms with Crippen LogP contribution in [0.1, 0.15) is 5.69 Å². The van der Waals surface area contributed by atoms with Gasteiger partial charge in [0.1, 0.15) is 0 Å². The van der Waals surface area contributed by atoms with Crippen LogP contribution >= 0.6 is 23.8 Å². The largest absolute Gasteiger partial charge is 0.303 e. The molecule has 0 amide bonds. The van der Waals surface area contributed by atoms with E-state index >= 15 is 0 Å². The van der Waals surface area contributed by atoms with Crippen molar-refractivity contribution in [2.75, 3.05) is 0 Å². The number of rotatable bonds is 2. The van der Waals surface area contributed by atoms with E-state index in [1.54, 1.807) is 6.20 Å². The molecule has 0 radical (unpaired) electrons. The Morgan fingerprint density at radius 1 is 1.35 bits per heavy atom. The van der Waals surface area contributed by atoms with Gasteiger partial charge in [-0.1, -0.05) is 17.7 Å². The maximum Gasteiger partial charge on any atom is 0.195 e. The first kappa shape index (κ1) is 13.1. The molecule has 7 heteroatoms. The second-order valence-corrected chi connectivity index (χ2v) is 5.27. The van der Waals surface area contributed by atoms with Gasteiger partial charge in [0.15, 0.2) is 10.6 Å². The summed E-state index contributed by atoms with van der Waals surface area (Å²) in [7, 11) is 1.87. The number of hydrogen-bond acceptors (Lipinski definition) is 3. The number of nitrogens with zero attached hydrogens (tertiary/aromatic N) is 4. The summed E-state index contributed by atoms with van der Waals surface area (Å²) in [6.07, 6.45) is 1.78. The van der Waals surface area contributed by atoms with E-state index in [-0.39, 0.29) is 0 Å². The smallest absolute Gasteiger partial charge is 0.195 e. The van der Waals surface area contributed by atoms with Crippen LogP contribution in [0.2, 0.25) is 5.02 Å². The third-order valence-corrected chi connectivity index (χ3v) is 3.78. The fourth-order valence-corrected chi connectivity index (χ4v) is 2.40. The van der Waals surface area contributed by atoms with Gasteiger partial charge in [0, 0.05) is 12.1 Å². The Bertz CT molecular complexity index is 829. The lowest BCUT2D eigenvalue weighted by atomic mass is 10.2. The monoisotopic (exact) mass is 305 g/mol.